The molecule has 0 bridgehead atoms. The maximum atomic E-state index is 12.3. The first-order chi connectivity index (χ1) is 11.3. The molecule has 2 nitrogen and oxygen atoms in total. The van der Waals surface area contributed by atoms with Gasteiger partial charge in [0.1, 0.15) is 0 Å². The molecule has 3 heteroatoms. The minimum atomic E-state index is 0.0667. The highest BCUT2D eigenvalue weighted by Gasteiger charge is 2.19. The molecule has 0 saturated heterocycles. The van der Waals surface area contributed by atoms with Gasteiger partial charge in [-0.25, -0.2) is 0 Å². The minimum absolute atomic E-state index is 0.0667. The molecule has 0 aromatic carbocycles. The zero-order chi connectivity index (χ0) is 17.2. The quantitative estimate of drug-likeness (QED) is 0.151. The predicted octanol–water partition coefficient (Wildman–Crippen LogP) is 7.04. The van der Waals surface area contributed by atoms with Crippen molar-refractivity contribution in [2.45, 2.75) is 104 Å². The van der Waals surface area contributed by atoms with Crippen molar-refractivity contribution in [2.75, 3.05) is 11.9 Å². The maximum Gasteiger partial charge on any atom is 0.308 e. The number of ether oxygens (including phenoxy) is 1. The summed E-state index contributed by atoms with van der Waals surface area (Å²) in [6.07, 6.45) is 16.6. The van der Waals surface area contributed by atoms with Crippen LogP contribution in [0, 0.1) is 5.92 Å². The fourth-order valence-corrected chi connectivity index (χ4v) is 3.25. The molecule has 0 rings (SSSR count). The van der Waals surface area contributed by atoms with Crippen molar-refractivity contribution in [3.8, 4) is 0 Å². The Morgan fingerprint density at radius 1 is 0.783 bits per heavy atom. The van der Waals surface area contributed by atoms with E-state index in [0.717, 1.165) is 37.4 Å². The number of unbranched alkanes of at least 4 members (excludes halogenated alkanes) is 9. The van der Waals surface area contributed by atoms with Crippen LogP contribution >= 0.6 is 15.9 Å². The minimum Gasteiger partial charge on any atom is -0.465 e. The van der Waals surface area contributed by atoms with Crippen molar-refractivity contribution < 1.29 is 9.53 Å². The lowest BCUT2D eigenvalue weighted by Crippen LogP contribution is -2.18. The molecule has 23 heavy (non-hydrogen) atoms. The van der Waals surface area contributed by atoms with E-state index in [-0.39, 0.29) is 11.9 Å². The Hall–Kier alpha value is -0.0500. The van der Waals surface area contributed by atoms with Crippen LogP contribution in [0.2, 0.25) is 0 Å². The molecule has 0 aromatic rings. The van der Waals surface area contributed by atoms with E-state index in [1.165, 1.54) is 57.8 Å². The lowest BCUT2D eigenvalue weighted by atomic mass is 9.94. The summed E-state index contributed by atoms with van der Waals surface area (Å²) in [6.45, 7) is 5.06. The number of alkyl halides is 1. The standard InChI is InChI=1S/C20H39BrO2/c1-3-5-7-8-12-16-19(15-11-6-4-2)20(22)23-18-14-10-9-13-17-21/h19H,3-18H2,1-2H3. The highest BCUT2D eigenvalue weighted by Crippen LogP contribution is 2.20. The number of carbonyl (C=O) groups excluding carboxylic acids is 1. The van der Waals surface area contributed by atoms with E-state index >= 15 is 0 Å². The molecule has 0 heterocycles. The van der Waals surface area contributed by atoms with E-state index in [0.29, 0.717) is 6.61 Å². The van der Waals surface area contributed by atoms with Gasteiger partial charge in [0.2, 0.25) is 0 Å². The van der Waals surface area contributed by atoms with Gasteiger partial charge in [0.15, 0.2) is 0 Å². The van der Waals surface area contributed by atoms with Crippen LogP contribution < -0.4 is 0 Å². The van der Waals surface area contributed by atoms with Crippen molar-refractivity contribution >= 4 is 21.9 Å². The van der Waals surface area contributed by atoms with Crippen molar-refractivity contribution in [3.63, 3.8) is 0 Å². The third-order valence-corrected chi connectivity index (χ3v) is 4.98. The van der Waals surface area contributed by atoms with Gasteiger partial charge >= 0.3 is 5.97 Å². The van der Waals surface area contributed by atoms with Crippen LogP contribution in [0.25, 0.3) is 0 Å². The zero-order valence-electron chi connectivity index (χ0n) is 15.6. The second-order valence-electron chi connectivity index (χ2n) is 6.67. The summed E-state index contributed by atoms with van der Waals surface area (Å²) in [5, 5.41) is 1.07. The summed E-state index contributed by atoms with van der Waals surface area (Å²) in [6, 6.07) is 0. The van der Waals surface area contributed by atoms with Crippen LogP contribution in [-0.2, 0) is 9.53 Å². The van der Waals surface area contributed by atoms with Gasteiger partial charge in [-0.2, -0.15) is 0 Å². The smallest absolute Gasteiger partial charge is 0.308 e. The van der Waals surface area contributed by atoms with E-state index in [4.69, 9.17) is 4.74 Å². The van der Waals surface area contributed by atoms with E-state index in [9.17, 15) is 4.79 Å². The number of esters is 1. The van der Waals surface area contributed by atoms with Gasteiger partial charge < -0.3 is 4.74 Å². The van der Waals surface area contributed by atoms with Gasteiger partial charge in [0, 0.05) is 5.33 Å². The van der Waals surface area contributed by atoms with E-state index in [1.807, 2.05) is 0 Å². The van der Waals surface area contributed by atoms with Crippen LogP contribution in [-0.4, -0.2) is 17.9 Å². The molecule has 0 N–H and O–H groups in total. The predicted molar refractivity (Wildman–Crippen MR) is 104 cm³/mol. The molecule has 1 atom stereocenters. The summed E-state index contributed by atoms with van der Waals surface area (Å²) in [4.78, 5) is 12.3. The molecule has 0 aliphatic carbocycles. The molecule has 0 radical (unpaired) electrons. The lowest BCUT2D eigenvalue weighted by Gasteiger charge is -2.16. The molecular formula is C20H39BrO2. The van der Waals surface area contributed by atoms with Gasteiger partial charge in [-0.1, -0.05) is 94.0 Å². The van der Waals surface area contributed by atoms with Gasteiger partial charge in [-0.15, -0.1) is 0 Å². The Kier molecular flexibility index (Phi) is 18.3. The van der Waals surface area contributed by atoms with Crippen molar-refractivity contribution in [1.82, 2.24) is 0 Å². The summed E-state index contributed by atoms with van der Waals surface area (Å²) >= 11 is 3.45. The van der Waals surface area contributed by atoms with Crippen molar-refractivity contribution in [3.05, 3.63) is 0 Å². The molecular weight excluding hydrogens is 352 g/mol. The first-order valence-corrected chi connectivity index (χ1v) is 11.1. The molecule has 138 valence electrons. The molecule has 0 fully saturated rings. The molecule has 0 aliphatic rings. The maximum absolute atomic E-state index is 12.3. The third-order valence-electron chi connectivity index (χ3n) is 4.42. The lowest BCUT2D eigenvalue weighted by molar-refractivity contribution is -0.149. The largest absolute Gasteiger partial charge is 0.465 e. The number of hydrogen-bond donors (Lipinski definition) is 0. The van der Waals surface area contributed by atoms with Crippen LogP contribution in [0.4, 0.5) is 0 Å². The molecule has 0 aromatic heterocycles. The highest BCUT2D eigenvalue weighted by atomic mass is 79.9. The first-order valence-electron chi connectivity index (χ1n) is 9.98. The number of rotatable bonds is 17. The molecule has 1 unspecified atom stereocenters. The van der Waals surface area contributed by atoms with E-state index in [2.05, 4.69) is 29.8 Å². The monoisotopic (exact) mass is 390 g/mol. The first kappa shape index (κ1) is 22.9. The second kappa shape index (κ2) is 18.3. The third kappa shape index (κ3) is 15.2. The van der Waals surface area contributed by atoms with Gasteiger partial charge in [-0.3, -0.25) is 4.79 Å². The van der Waals surface area contributed by atoms with E-state index < -0.39 is 0 Å². The Morgan fingerprint density at radius 3 is 1.96 bits per heavy atom. The van der Waals surface area contributed by atoms with E-state index in [1.54, 1.807) is 0 Å². The van der Waals surface area contributed by atoms with Crippen LogP contribution in [0.3, 0.4) is 0 Å². The zero-order valence-corrected chi connectivity index (χ0v) is 17.2. The SMILES string of the molecule is CCCCCCCC(CCCCC)C(=O)OCCCCCCBr. The normalized spacial score (nSPS) is 12.3. The second-order valence-corrected chi connectivity index (χ2v) is 7.46. The Labute approximate surface area is 153 Å². The molecule has 0 amide bonds. The summed E-state index contributed by atoms with van der Waals surface area (Å²) in [7, 11) is 0. The topological polar surface area (TPSA) is 26.3 Å². The van der Waals surface area contributed by atoms with Gasteiger partial charge in [0.05, 0.1) is 12.5 Å². The Bertz CT molecular complexity index is 256. The highest BCUT2D eigenvalue weighted by molar-refractivity contribution is 9.09. The molecule has 0 saturated carbocycles. The molecule has 0 aliphatic heterocycles. The Balaban J connectivity index is 3.92. The van der Waals surface area contributed by atoms with Crippen LogP contribution in [0.5, 0.6) is 0 Å². The van der Waals surface area contributed by atoms with Crippen LogP contribution in [0.15, 0.2) is 0 Å². The van der Waals surface area contributed by atoms with Gasteiger partial charge in [0.25, 0.3) is 0 Å². The number of halogens is 1. The average molecular weight is 391 g/mol. The summed E-state index contributed by atoms with van der Waals surface area (Å²) in [5.74, 6) is 0.211. The fourth-order valence-electron chi connectivity index (χ4n) is 2.86. The summed E-state index contributed by atoms with van der Waals surface area (Å²) < 4.78 is 5.54. The fraction of sp³-hybridized carbons (Fsp3) is 0.950. The number of carbonyl (C=O) groups is 1. The number of hydrogen-bond acceptors (Lipinski definition) is 2. The van der Waals surface area contributed by atoms with Crippen molar-refractivity contribution in [1.29, 1.82) is 0 Å². The van der Waals surface area contributed by atoms with Crippen LogP contribution in [0.1, 0.15) is 104 Å². The summed E-state index contributed by atoms with van der Waals surface area (Å²) in [5.41, 5.74) is 0. The van der Waals surface area contributed by atoms with Crippen molar-refractivity contribution in [2.24, 2.45) is 5.92 Å². The molecule has 0 spiro atoms. The van der Waals surface area contributed by atoms with Gasteiger partial charge in [-0.05, 0) is 25.7 Å². The Morgan fingerprint density at radius 2 is 1.30 bits per heavy atom. The average Bonchev–Trinajstić information content (AvgIpc) is 2.56.